The zero-order chi connectivity index (χ0) is 21.7. The van der Waals surface area contributed by atoms with Gasteiger partial charge in [-0.1, -0.05) is 0 Å². The van der Waals surface area contributed by atoms with Gasteiger partial charge in [-0.15, -0.1) is 11.3 Å². The van der Waals surface area contributed by atoms with Crippen LogP contribution in [0.4, 0.5) is 17.6 Å². The molecule has 0 amide bonds. The number of carboxylic acids is 1. The summed E-state index contributed by atoms with van der Waals surface area (Å²) in [6.45, 7) is 2.28. The van der Waals surface area contributed by atoms with E-state index in [1.165, 1.54) is 6.07 Å². The van der Waals surface area contributed by atoms with Crippen LogP contribution >= 0.6 is 11.3 Å². The fourth-order valence-electron chi connectivity index (χ4n) is 3.41. The molecule has 2 bridgehead atoms. The molecule has 0 spiro atoms. The van der Waals surface area contributed by atoms with Crippen LogP contribution < -0.4 is 4.74 Å². The van der Waals surface area contributed by atoms with Crippen LogP contribution in [0.5, 0.6) is 5.88 Å². The third kappa shape index (κ3) is 5.64. The van der Waals surface area contributed by atoms with Gasteiger partial charge in [0.25, 0.3) is 5.88 Å². The number of hydrogen-bond donors (Lipinski definition) is 1. The van der Waals surface area contributed by atoms with E-state index >= 15 is 0 Å². The molecule has 2 fully saturated rings. The molecule has 2 aromatic rings. The molecule has 1 aliphatic heterocycles. The van der Waals surface area contributed by atoms with Gasteiger partial charge >= 0.3 is 12.1 Å². The fraction of sp³-hybridized carbons (Fsp3) is 0.500. The molecule has 2 aromatic heterocycles. The SMILES string of the molecule is Fc1cccnc1OC1C2CCC1N(Cc1nccs1)CCO2.O=C(O)C(F)(F)F. The second-order valence-electron chi connectivity index (χ2n) is 6.63. The number of hydrogen-bond acceptors (Lipinski definition) is 7. The molecule has 1 aliphatic carbocycles. The molecule has 1 N–H and O–H groups in total. The van der Waals surface area contributed by atoms with E-state index in [-0.39, 0.29) is 24.1 Å². The number of aromatic nitrogens is 2. The number of carboxylic acid groups (broad SMARTS) is 1. The first-order valence-electron chi connectivity index (χ1n) is 9.07. The zero-order valence-corrected chi connectivity index (χ0v) is 16.4. The molecule has 1 saturated heterocycles. The molecule has 1 saturated carbocycles. The number of alkyl halides is 3. The Morgan fingerprint density at radius 3 is 2.73 bits per heavy atom. The van der Waals surface area contributed by atoms with Crippen molar-refractivity contribution in [3.05, 3.63) is 40.7 Å². The molecule has 7 nitrogen and oxygen atoms in total. The molecular weight excluding hydrogens is 430 g/mol. The van der Waals surface area contributed by atoms with E-state index in [1.807, 2.05) is 11.6 Å². The lowest BCUT2D eigenvalue weighted by atomic mass is 10.1. The van der Waals surface area contributed by atoms with Crippen molar-refractivity contribution in [2.75, 3.05) is 13.2 Å². The summed E-state index contributed by atoms with van der Waals surface area (Å²) in [6, 6.07) is 3.14. The predicted octanol–water partition coefficient (Wildman–Crippen LogP) is 3.12. The molecule has 0 radical (unpaired) electrons. The Kier molecular flexibility index (Phi) is 7.21. The highest BCUT2D eigenvalue weighted by Crippen LogP contribution is 2.34. The minimum atomic E-state index is -5.08. The van der Waals surface area contributed by atoms with Crippen LogP contribution in [0.25, 0.3) is 0 Å². The van der Waals surface area contributed by atoms with E-state index in [2.05, 4.69) is 14.9 Å². The van der Waals surface area contributed by atoms with Crippen molar-refractivity contribution in [1.29, 1.82) is 0 Å². The lowest BCUT2D eigenvalue weighted by molar-refractivity contribution is -0.192. The Bertz CT molecular complexity index is 837. The third-order valence-electron chi connectivity index (χ3n) is 4.71. The predicted molar refractivity (Wildman–Crippen MR) is 97.6 cm³/mol. The fourth-order valence-corrected chi connectivity index (χ4v) is 4.05. The summed E-state index contributed by atoms with van der Waals surface area (Å²) in [5.41, 5.74) is 0. The second-order valence-corrected chi connectivity index (χ2v) is 7.61. The molecule has 3 unspecified atom stereocenters. The number of pyridine rings is 1. The van der Waals surface area contributed by atoms with Gasteiger partial charge in [0.15, 0.2) is 5.82 Å². The number of halogens is 4. The monoisotopic (exact) mass is 449 g/mol. The largest absolute Gasteiger partial charge is 0.490 e. The van der Waals surface area contributed by atoms with E-state index in [0.717, 1.165) is 30.9 Å². The topological polar surface area (TPSA) is 84.8 Å². The average Bonchev–Trinajstić information content (AvgIpc) is 3.28. The van der Waals surface area contributed by atoms with Gasteiger partial charge in [-0.25, -0.2) is 19.2 Å². The van der Waals surface area contributed by atoms with Crippen molar-refractivity contribution in [2.24, 2.45) is 0 Å². The van der Waals surface area contributed by atoms with Crippen LogP contribution in [0.1, 0.15) is 17.8 Å². The van der Waals surface area contributed by atoms with Gasteiger partial charge in [-0.05, 0) is 25.0 Å². The van der Waals surface area contributed by atoms with Gasteiger partial charge in [-0.3, -0.25) is 4.90 Å². The van der Waals surface area contributed by atoms with Crippen molar-refractivity contribution in [3.63, 3.8) is 0 Å². The second kappa shape index (κ2) is 9.67. The summed E-state index contributed by atoms with van der Waals surface area (Å²) in [7, 11) is 0. The van der Waals surface area contributed by atoms with Gasteiger partial charge in [0, 0.05) is 30.4 Å². The summed E-state index contributed by atoms with van der Waals surface area (Å²) in [6.07, 6.45) is 0.00577. The van der Waals surface area contributed by atoms with Crippen molar-refractivity contribution in [1.82, 2.24) is 14.9 Å². The molecule has 30 heavy (non-hydrogen) atoms. The summed E-state index contributed by atoms with van der Waals surface area (Å²) in [5, 5.41) is 10.2. The molecule has 2 aliphatic rings. The summed E-state index contributed by atoms with van der Waals surface area (Å²) in [5.74, 6) is -3.12. The number of nitrogens with zero attached hydrogens (tertiary/aromatic N) is 3. The number of fused-ring (bicyclic) bond motifs is 2. The highest BCUT2D eigenvalue weighted by Gasteiger charge is 2.44. The van der Waals surface area contributed by atoms with E-state index in [9.17, 15) is 17.6 Å². The van der Waals surface area contributed by atoms with E-state index < -0.39 is 18.0 Å². The van der Waals surface area contributed by atoms with Crippen molar-refractivity contribution in [3.8, 4) is 5.88 Å². The first kappa shape index (κ1) is 22.4. The van der Waals surface area contributed by atoms with E-state index in [1.54, 1.807) is 23.6 Å². The maximum Gasteiger partial charge on any atom is 0.490 e. The molecule has 4 rings (SSSR count). The smallest absolute Gasteiger partial charge is 0.475 e. The lowest BCUT2D eigenvalue weighted by Crippen LogP contribution is -2.44. The first-order valence-corrected chi connectivity index (χ1v) is 9.95. The minimum absolute atomic E-state index is 0.00250. The third-order valence-corrected chi connectivity index (χ3v) is 5.47. The van der Waals surface area contributed by atoms with Crippen molar-refractivity contribution >= 4 is 17.3 Å². The van der Waals surface area contributed by atoms with E-state index in [0.29, 0.717) is 6.61 Å². The molecular formula is C18H19F4N3O4S. The number of rotatable bonds is 4. The van der Waals surface area contributed by atoms with Crippen LogP contribution in [0.2, 0.25) is 0 Å². The summed E-state index contributed by atoms with van der Waals surface area (Å²) in [4.78, 5) is 19.6. The van der Waals surface area contributed by atoms with Gasteiger partial charge in [-0.2, -0.15) is 13.2 Å². The Hall–Kier alpha value is -2.31. The number of thiazole rings is 1. The van der Waals surface area contributed by atoms with Gasteiger partial charge in [0.05, 0.1) is 19.3 Å². The number of aliphatic carboxylic acids is 1. The van der Waals surface area contributed by atoms with Crippen LogP contribution in [0.15, 0.2) is 29.9 Å². The van der Waals surface area contributed by atoms with Gasteiger partial charge < -0.3 is 14.6 Å². The standard InChI is InChI=1S/C16H18FN3O2S.C2HF3O2/c17-11-2-1-5-19-16(11)22-15-12-3-4-13(15)21-8-7-20(12)10-14-18-6-9-23-14;3-2(4,5)1(6)7/h1-2,5-6,9,12-13,15H,3-4,7-8,10H2;(H,6,7). The number of carbonyl (C=O) groups is 1. The van der Waals surface area contributed by atoms with Gasteiger partial charge in [0.2, 0.25) is 0 Å². The highest BCUT2D eigenvalue weighted by atomic mass is 32.1. The first-order chi connectivity index (χ1) is 14.3. The highest BCUT2D eigenvalue weighted by molar-refractivity contribution is 7.09. The average molecular weight is 449 g/mol. The van der Waals surface area contributed by atoms with Crippen LogP contribution in [0, 0.1) is 5.82 Å². The Balaban J connectivity index is 0.000000318. The summed E-state index contributed by atoms with van der Waals surface area (Å²) < 4.78 is 57.5. The maximum absolute atomic E-state index is 13.9. The Morgan fingerprint density at radius 1 is 1.33 bits per heavy atom. The van der Waals surface area contributed by atoms with Crippen LogP contribution in [-0.4, -0.2) is 63.5 Å². The van der Waals surface area contributed by atoms with Crippen LogP contribution in [-0.2, 0) is 16.1 Å². The lowest BCUT2D eigenvalue weighted by Gasteiger charge is -2.30. The van der Waals surface area contributed by atoms with Gasteiger partial charge in [0.1, 0.15) is 11.1 Å². The molecule has 0 aromatic carbocycles. The van der Waals surface area contributed by atoms with Crippen molar-refractivity contribution < 1.29 is 36.9 Å². The Morgan fingerprint density at radius 2 is 2.10 bits per heavy atom. The minimum Gasteiger partial charge on any atom is -0.475 e. The van der Waals surface area contributed by atoms with Crippen molar-refractivity contribution in [2.45, 2.75) is 43.8 Å². The Labute approximate surface area is 173 Å². The molecule has 12 heteroatoms. The maximum atomic E-state index is 13.9. The summed E-state index contributed by atoms with van der Waals surface area (Å²) >= 11 is 1.65. The molecule has 3 atom stereocenters. The quantitative estimate of drug-likeness (QED) is 0.718. The zero-order valence-electron chi connectivity index (χ0n) is 15.6. The molecule has 164 valence electrons. The van der Waals surface area contributed by atoms with Crippen LogP contribution in [0.3, 0.4) is 0 Å². The molecule has 3 heterocycles. The number of ether oxygens (including phenoxy) is 2. The van der Waals surface area contributed by atoms with E-state index in [4.69, 9.17) is 19.4 Å². The normalized spacial score (nSPS) is 23.9.